The SMILES string of the molecule is CC(Oc1ccccc1Cl)C(=O)NCCc1nc2ccccc2[nH]1. The molecule has 0 bridgehead atoms. The average molecular weight is 344 g/mol. The number of rotatable bonds is 6. The van der Waals surface area contributed by atoms with Crippen molar-refractivity contribution in [2.75, 3.05) is 6.54 Å². The Bertz CT molecular complexity index is 814. The summed E-state index contributed by atoms with van der Waals surface area (Å²) in [4.78, 5) is 19.8. The number of carbonyl (C=O) groups excluding carboxylic acids is 1. The lowest BCUT2D eigenvalue weighted by atomic mass is 10.3. The number of aromatic amines is 1. The van der Waals surface area contributed by atoms with Gasteiger partial charge in [-0.05, 0) is 31.2 Å². The fourth-order valence-electron chi connectivity index (χ4n) is 2.36. The molecule has 24 heavy (non-hydrogen) atoms. The summed E-state index contributed by atoms with van der Waals surface area (Å²) in [6, 6.07) is 14.9. The molecule has 0 saturated heterocycles. The third-order valence-corrected chi connectivity index (χ3v) is 3.92. The highest BCUT2D eigenvalue weighted by Gasteiger charge is 2.15. The normalized spacial score (nSPS) is 12.1. The highest BCUT2D eigenvalue weighted by atomic mass is 35.5. The molecule has 1 amide bonds. The van der Waals surface area contributed by atoms with Gasteiger partial charge in [0.2, 0.25) is 0 Å². The van der Waals surface area contributed by atoms with Gasteiger partial charge < -0.3 is 15.0 Å². The van der Waals surface area contributed by atoms with Gasteiger partial charge in [0.25, 0.3) is 5.91 Å². The maximum absolute atomic E-state index is 12.1. The number of fused-ring (bicyclic) bond motifs is 1. The van der Waals surface area contributed by atoms with Crippen molar-refractivity contribution in [2.45, 2.75) is 19.4 Å². The highest BCUT2D eigenvalue weighted by molar-refractivity contribution is 6.32. The zero-order valence-corrected chi connectivity index (χ0v) is 14.0. The van der Waals surface area contributed by atoms with Gasteiger partial charge in [0.15, 0.2) is 6.10 Å². The second kappa shape index (κ2) is 7.36. The van der Waals surface area contributed by atoms with Crippen molar-refractivity contribution in [3.8, 4) is 5.75 Å². The molecule has 1 heterocycles. The van der Waals surface area contributed by atoms with Gasteiger partial charge in [0.05, 0.1) is 16.1 Å². The predicted molar refractivity (Wildman–Crippen MR) is 94.3 cm³/mol. The highest BCUT2D eigenvalue weighted by Crippen LogP contribution is 2.24. The first kappa shape index (κ1) is 16.3. The van der Waals surface area contributed by atoms with E-state index < -0.39 is 6.10 Å². The molecule has 0 aliphatic heterocycles. The zero-order valence-electron chi connectivity index (χ0n) is 13.3. The lowest BCUT2D eigenvalue weighted by Crippen LogP contribution is -2.37. The van der Waals surface area contributed by atoms with E-state index in [2.05, 4.69) is 15.3 Å². The number of nitrogens with one attached hydrogen (secondary N) is 2. The number of para-hydroxylation sites is 3. The van der Waals surface area contributed by atoms with E-state index in [-0.39, 0.29) is 5.91 Å². The summed E-state index contributed by atoms with van der Waals surface area (Å²) in [5.41, 5.74) is 1.92. The van der Waals surface area contributed by atoms with Crippen molar-refractivity contribution in [1.82, 2.24) is 15.3 Å². The lowest BCUT2D eigenvalue weighted by molar-refractivity contribution is -0.127. The molecule has 6 heteroatoms. The van der Waals surface area contributed by atoms with Crippen LogP contribution in [0.2, 0.25) is 5.02 Å². The van der Waals surface area contributed by atoms with Crippen LogP contribution in [0, 0.1) is 0 Å². The zero-order chi connectivity index (χ0) is 16.9. The van der Waals surface area contributed by atoms with E-state index in [0.717, 1.165) is 16.9 Å². The topological polar surface area (TPSA) is 67.0 Å². The van der Waals surface area contributed by atoms with Gasteiger partial charge in [0.1, 0.15) is 11.6 Å². The van der Waals surface area contributed by atoms with Crippen molar-refractivity contribution in [3.63, 3.8) is 0 Å². The summed E-state index contributed by atoms with van der Waals surface area (Å²) in [6.45, 7) is 2.18. The van der Waals surface area contributed by atoms with Crippen LogP contribution in [0.4, 0.5) is 0 Å². The van der Waals surface area contributed by atoms with Gasteiger partial charge in [-0.2, -0.15) is 0 Å². The van der Waals surface area contributed by atoms with E-state index in [4.69, 9.17) is 16.3 Å². The summed E-state index contributed by atoms with van der Waals surface area (Å²) in [5, 5.41) is 3.33. The number of benzene rings is 2. The Morgan fingerprint density at radius 2 is 2.00 bits per heavy atom. The van der Waals surface area contributed by atoms with Crippen LogP contribution in [0.1, 0.15) is 12.7 Å². The largest absolute Gasteiger partial charge is 0.479 e. The van der Waals surface area contributed by atoms with Crippen LogP contribution in [-0.4, -0.2) is 28.5 Å². The van der Waals surface area contributed by atoms with Gasteiger partial charge in [-0.15, -0.1) is 0 Å². The Hall–Kier alpha value is -2.53. The number of aromatic nitrogens is 2. The van der Waals surface area contributed by atoms with Crippen LogP contribution >= 0.6 is 11.6 Å². The number of hydrogen-bond acceptors (Lipinski definition) is 3. The van der Waals surface area contributed by atoms with E-state index in [9.17, 15) is 4.79 Å². The van der Waals surface area contributed by atoms with Gasteiger partial charge in [-0.25, -0.2) is 4.98 Å². The quantitative estimate of drug-likeness (QED) is 0.721. The summed E-state index contributed by atoms with van der Waals surface area (Å²) in [5.74, 6) is 1.15. The van der Waals surface area contributed by atoms with E-state index in [1.807, 2.05) is 36.4 Å². The molecule has 5 nitrogen and oxygen atoms in total. The van der Waals surface area contributed by atoms with Crippen molar-refractivity contribution in [3.05, 3.63) is 59.4 Å². The Labute approximate surface area is 145 Å². The number of amides is 1. The third-order valence-electron chi connectivity index (χ3n) is 3.61. The second-order valence-corrected chi connectivity index (χ2v) is 5.84. The van der Waals surface area contributed by atoms with E-state index in [1.54, 1.807) is 19.1 Å². The minimum Gasteiger partial charge on any atom is -0.479 e. The maximum atomic E-state index is 12.1. The molecule has 1 atom stereocenters. The Morgan fingerprint density at radius 1 is 1.25 bits per heavy atom. The summed E-state index contributed by atoms with van der Waals surface area (Å²) in [7, 11) is 0. The maximum Gasteiger partial charge on any atom is 0.260 e. The minimum atomic E-state index is -0.624. The smallest absolute Gasteiger partial charge is 0.260 e. The first-order valence-electron chi connectivity index (χ1n) is 7.76. The number of halogens is 1. The van der Waals surface area contributed by atoms with Crippen LogP contribution in [0.15, 0.2) is 48.5 Å². The number of nitrogens with zero attached hydrogens (tertiary/aromatic N) is 1. The molecule has 0 radical (unpaired) electrons. The first-order chi connectivity index (χ1) is 11.6. The fraction of sp³-hybridized carbons (Fsp3) is 0.222. The number of H-pyrrole nitrogens is 1. The number of carbonyl (C=O) groups is 1. The van der Waals surface area contributed by atoms with E-state index in [0.29, 0.717) is 23.7 Å². The molecular weight excluding hydrogens is 326 g/mol. The molecular formula is C18H18ClN3O2. The van der Waals surface area contributed by atoms with Gasteiger partial charge >= 0.3 is 0 Å². The Balaban J connectivity index is 1.50. The number of ether oxygens (including phenoxy) is 1. The molecule has 1 unspecified atom stereocenters. The minimum absolute atomic E-state index is 0.189. The van der Waals surface area contributed by atoms with Crippen LogP contribution < -0.4 is 10.1 Å². The van der Waals surface area contributed by atoms with Crippen molar-refractivity contribution >= 4 is 28.5 Å². The molecule has 2 N–H and O–H groups in total. The summed E-state index contributed by atoms with van der Waals surface area (Å²) >= 11 is 6.03. The molecule has 3 rings (SSSR count). The van der Waals surface area contributed by atoms with Gasteiger partial charge in [0, 0.05) is 13.0 Å². The van der Waals surface area contributed by atoms with Gasteiger partial charge in [-0.1, -0.05) is 35.9 Å². The van der Waals surface area contributed by atoms with E-state index in [1.165, 1.54) is 0 Å². The van der Waals surface area contributed by atoms with Crippen LogP contribution in [0.5, 0.6) is 5.75 Å². The standard InChI is InChI=1S/C18H18ClN3O2/c1-12(24-16-9-5-2-6-13(16)19)18(23)20-11-10-17-21-14-7-3-4-8-15(14)22-17/h2-9,12H,10-11H2,1H3,(H,20,23)(H,21,22). The fourth-order valence-corrected chi connectivity index (χ4v) is 2.54. The summed E-state index contributed by atoms with van der Waals surface area (Å²) < 4.78 is 5.59. The van der Waals surface area contributed by atoms with Crippen molar-refractivity contribution < 1.29 is 9.53 Å². The van der Waals surface area contributed by atoms with Crippen LogP contribution in [0.3, 0.4) is 0 Å². The van der Waals surface area contributed by atoms with Crippen LogP contribution in [-0.2, 0) is 11.2 Å². The van der Waals surface area contributed by atoms with E-state index >= 15 is 0 Å². The van der Waals surface area contributed by atoms with Crippen LogP contribution in [0.25, 0.3) is 11.0 Å². The monoisotopic (exact) mass is 343 g/mol. The predicted octanol–water partition coefficient (Wildman–Crippen LogP) is 3.34. The van der Waals surface area contributed by atoms with Crippen molar-refractivity contribution in [1.29, 1.82) is 0 Å². The Morgan fingerprint density at radius 3 is 2.79 bits per heavy atom. The summed E-state index contributed by atoms with van der Waals surface area (Å²) in [6.07, 6.45) is -0.000230. The number of imidazole rings is 1. The molecule has 0 saturated carbocycles. The third kappa shape index (κ3) is 3.86. The average Bonchev–Trinajstić information content (AvgIpc) is 2.99. The van der Waals surface area contributed by atoms with Gasteiger partial charge in [-0.3, -0.25) is 4.79 Å². The Kier molecular flexibility index (Phi) is 5.01. The molecule has 0 aliphatic carbocycles. The molecule has 1 aromatic heterocycles. The molecule has 124 valence electrons. The number of hydrogen-bond donors (Lipinski definition) is 2. The molecule has 3 aromatic rings. The van der Waals surface area contributed by atoms with Crippen molar-refractivity contribution in [2.24, 2.45) is 0 Å². The molecule has 2 aromatic carbocycles. The molecule has 0 aliphatic rings. The lowest BCUT2D eigenvalue weighted by Gasteiger charge is -2.15. The molecule has 0 spiro atoms. The molecule has 0 fully saturated rings. The first-order valence-corrected chi connectivity index (χ1v) is 8.14. The second-order valence-electron chi connectivity index (χ2n) is 5.43.